The first-order chi connectivity index (χ1) is 14.0. The molecule has 0 bridgehead atoms. The molecule has 1 aliphatic rings. The highest BCUT2D eigenvalue weighted by Gasteiger charge is 2.33. The Morgan fingerprint density at radius 1 is 0.867 bits per heavy atom. The molecule has 0 atom stereocenters. The number of rotatable bonds is 13. The molecule has 30 heavy (non-hydrogen) atoms. The summed E-state index contributed by atoms with van der Waals surface area (Å²) in [5, 5.41) is 0. The molecule has 0 N–H and O–H groups in total. The van der Waals surface area contributed by atoms with E-state index in [1.54, 1.807) is 0 Å². The SMILES string of the molecule is CCCCCCCCCCCC[N+]1(Cc2cccc(C(F)(F)F)c2)CCOCC1.[Cl-]. The van der Waals surface area contributed by atoms with Gasteiger partial charge in [-0.15, -0.1) is 0 Å². The van der Waals surface area contributed by atoms with Gasteiger partial charge in [-0.25, -0.2) is 0 Å². The van der Waals surface area contributed by atoms with E-state index in [0.29, 0.717) is 19.8 Å². The highest BCUT2D eigenvalue weighted by Crippen LogP contribution is 2.30. The van der Waals surface area contributed by atoms with Crippen molar-refractivity contribution in [2.75, 3.05) is 32.8 Å². The maximum absolute atomic E-state index is 13.1. The van der Waals surface area contributed by atoms with E-state index < -0.39 is 11.7 Å². The molecule has 1 aromatic rings. The summed E-state index contributed by atoms with van der Waals surface area (Å²) in [6, 6.07) is 5.86. The van der Waals surface area contributed by atoms with E-state index in [4.69, 9.17) is 4.74 Å². The Hall–Kier alpha value is -0.780. The first kappa shape index (κ1) is 27.3. The Morgan fingerprint density at radius 2 is 1.43 bits per heavy atom. The van der Waals surface area contributed by atoms with Crippen LogP contribution in [0.3, 0.4) is 0 Å². The fourth-order valence-electron chi connectivity index (χ4n) is 4.36. The third-order valence-electron chi connectivity index (χ3n) is 6.18. The summed E-state index contributed by atoms with van der Waals surface area (Å²) in [4.78, 5) is 0. The van der Waals surface area contributed by atoms with E-state index in [-0.39, 0.29) is 12.4 Å². The topological polar surface area (TPSA) is 9.23 Å². The quantitative estimate of drug-likeness (QED) is 0.327. The zero-order valence-corrected chi connectivity index (χ0v) is 19.2. The Labute approximate surface area is 187 Å². The number of halogens is 4. The van der Waals surface area contributed by atoms with E-state index in [2.05, 4.69) is 6.92 Å². The van der Waals surface area contributed by atoms with Gasteiger partial charge >= 0.3 is 6.18 Å². The van der Waals surface area contributed by atoms with E-state index in [0.717, 1.165) is 42.2 Å². The zero-order valence-electron chi connectivity index (χ0n) is 18.5. The fraction of sp³-hybridized carbons (Fsp3) is 0.750. The molecule has 1 aliphatic heterocycles. The van der Waals surface area contributed by atoms with Gasteiger partial charge in [0.05, 0.1) is 25.3 Å². The minimum absolute atomic E-state index is 0. The van der Waals surface area contributed by atoms with Gasteiger partial charge < -0.3 is 21.6 Å². The standard InChI is InChI=1S/C24H39F3NO.ClH/c1-2-3-4-5-6-7-8-9-10-11-15-28(16-18-29-19-17-28)21-22-13-12-14-23(20-22)24(25,26)27;/h12-14,20H,2-11,15-19,21H2,1H3;1H/q+1;/p-1. The number of ether oxygens (including phenoxy) is 1. The molecule has 1 heterocycles. The lowest BCUT2D eigenvalue weighted by atomic mass is 10.0. The van der Waals surface area contributed by atoms with E-state index in [1.807, 2.05) is 6.07 Å². The lowest BCUT2D eigenvalue weighted by molar-refractivity contribution is -0.947. The molecule has 174 valence electrons. The number of nitrogens with zero attached hydrogens (tertiary/aromatic N) is 1. The second-order valence-corrected chi connectivity index (χ2v) is 8.66. The first-order valence-electron chi connectivity index (χ1n) is 11.5. The van der Waals surface area contributed by atoms with Crippen molar-refractivity contribution >= 4 is 0 Å². The summed E-state index contributed by atoms with van der Waals surface area (Å²) in [5.74, 6) is 0. The van der Waals surface area contributed by atoms with Gasteiger partial charge in [0, 0.05) is 5.56 Å². The van der Waals surface area contributed by atoms with Crippen LogP contribution in [-0.4, -0.2) is 37.3 Å². The zero-order chi connectivity index (χ0) is 21.0. The average Bonchev–Trinajstić information content (AvgIpc) is 2.70. The number of unbranched alkanes of at least 4 members (excludes halogenated alkanes) is 9. The number of morpholine rings is 1. The van der Waals surface area contributed by atoms with Crippen molar-refractivity contribution in [3.63, 3.8) is 0 Å². The number of hydrogen-bond donors (Lipinski definition) is 0. The molecule has 6 heteroatoms. The fourth-order valence-corrected chi connectivity index (χ4v) is 4.36. The predicted octanol–water partition coefficient (Wildman–Crippen LogP) is 3.98. The van der Waals surface area contributed by atoms with Crippen molar-refractivity contribution < 1.29 is 34.8 Å². The molecule has 2 nitrogen and oxygen atoms in total. The Kier molecular flexibility index (Phi) is 13.0. The highest BCUT2D eigenvalue weighted by molar-refractivity contribution is 5.25. The summed E-state index contributed by atoms with van der Waals surface area (Å²) >= 11 is 0. The van der Waals surface area contributed by atoms with E-state index in [1.165, 1.54) is 69.9 Å². The van der Waals surface area contributed by atoms with Crippen molar-refractivity contribution in [3.8, 4) is 0 Å². The van der Waals surface area contributed by atoms with Crippen LogP contribution in [-0.2, 0) is 17.5 Å². The van der Waals surface area contributed by atoms with Gasteiger partial charge in [-0.3, -0.25) is 0 Å². The summed E-state index contributed by atoms with van der Waals surface area (Å²) in [6.07, 6.45) is 8.75. The van der Waals surface area contributed by atoms with Crippen LogP contribution in [0.1, 0.15) is 82.3 Å². The van der Waals surface area contributed by atoms with E-state index in [9.17, 15) is 13.2 Å². The van der Waals surface area contributed by atoms with Crippen LogP contribution >= 0.6 is 0 Å². The maximum Gasteiger partial charge on any atom is 0.416 e. The van der Waals surface area contributed by atoms with Crippen molar-refractivity contribution in [1.29, 1.82) is 0 Å². The van der Waals surface area contributed by atoms with Gasteiger partial charge in [0.1, 0.15) is 19.6 Å². The van der Waals surface area contributed by atoms with Crippen molar-refractivity contribution in [2.24, 2.45) is 0 Å². The molecule has 2 rings (SSSR count). The lowest BCUT2D eigenvalue weighted by Crippen LogP contribution is -3.00. The molecule has 0 aliphatic carbocycles. The van der Waals surface area contributed by atoms with Gasteiger partial charge in [0.25, 0.3) is 0 Å². The second-order valence-electron chi connectivity index (χ2n) is 8.66. The Bertz CT molecular complexity index is 574. The number of quaternary nitrogens is 1. The Balaban J connectivity index is 0.00000450. The van der Waals surface area contributed by atoms with Crippen LogP contribution in [0.5, 0.6) is 0 Å². The predicted molar refractivity (Wildman–Crippen MR) is 113 cm³/mol. The first-order valence-corrected chi connectivity index (χ1v) is 11.5. The summed E-state index contributed by atoms with van der Waals surface area (Å²) < 4.78 is 45.6. The van der Waals surface area contributed by atoms with Crippen molar-refractivity contribution in [2.45, 2.75) is 83.9 Å². The molecule has 0 amide bonds. The molecule has 0 aromatic heterocycles. The van der Waals surface area contributed by atoms with Crippen molar-refractivity contribution in [3.05, 3.63) is 35.4 Å². The van der Waals surface area contributed by atoms with Gasteiger partial charge in [-0.1, -0.05) is 70.4 Å². The van der Waals surface area contributed by atoms with Crippen LogP contribution in [0.2, 0.25) is 0 Å². The second kappa shape index (κ2) is 14.3. The monoisotopic (exact) mass is 449 g/mol. The molecule has 0 saturated carbocycles. The number of benzene rings is 1. The normalized spacial score (nSPS) is 16.3. The molecule has 1 saturated heterocycles. The van der Waals surface area contributed by atoms with Gasteiger partial charge in [0.2, 0.25) is 0 Å². The van der Waals surface area contributed by atoms with Gasteiger partial charge in [-0.2, -0.15) is 13.2 Å². The number of alkyl halides is 3. The molecular formula is C24H39ClF3NO. The van der Waals surface area contributed by atoms with Crippen LogP contribution in [0.15, 0.2) is 24.3 Å². The summed E-state index contributed by atoms with van der Waals surface area (Å²) in [7, 11) is 0. The van der Waals surface area contributed by atoms with Crippen LogP contribution in [0.25, 0.3) is 0 Å². The van der Waals surface area contributed by atoms with Crippen LogP contribution in [0.4, 0.5) is 13.2 Å². The van der Waals surface area contributed by atoms with Crippen LogP contribution < -0.4 is 12.4 Å². The third kappa shape index (κ3) is 10.0. The highest BCUT2D eigenvalue weighted by atomic mass is 35.5. The Morgan fingerprint density at radius 3 is 2.00 bits per heavy atom. The molecular weight excluding hydrogens is 411 g/mol. The minimum Gasteiger partial charge on any atom is -1.00 e. The molecule has 1 fully saturated rings. The lowest BCUT2D eigenvalue weighted by Gasteiger charge is -2.41. The maximum atomic E-state index is 13.1. The van der Waals surface area contributed by atoms with Crippen LogP contribution in [0, 0.1) is 0 Å². The van der Waals surface area contributed by atoms with Gasteiger partial charge in [0.15, 0.2) is 0 Å². The molecule has 1 aromatic carbocycles. The largest absolute Gasteiger partial charge is 1.00 e. The van der Waals surface area contributed by atoms with Crippen molar-refractivity contribution in [1.82, 2.24) is 0 Å². The third-order valence-corrected chi connectivity index (χ3v) is 6.18. The minimum atomic E-state index is -4.28. The average molecular weight is 450 g/mol. The molecule has 0 spiro atoms. The molecule has 0 unspecified atom stereocenters. The number of hydrogen-bond acceptors (Lipinski definition) is 1. The summed E-state index contributed by atoms with van der Waals surface area (Å²) in [5.41, 5.74) is 0.245. The van der Waals surface area contributed by atoms with E-state index >= 15 is 0 Å². The smallest absolute Gasteiger partial charge is 0.416 e. The molecule has 0 radical (unpaired) electrons. The summed E-state index contributed by atoms with van der Waals surface area (Å²) in [6.45, 7) is 7.16. The van der Waals surface area contributed by atoms with Gasteiger partial charge in [-0.05, 0) is 25.0 Å².